The molecule has 1 rings (SSSR count). The lowest BCUT2D eigenvalue weighted by molar-refractivity contribution is -0.139. The number of nitriles is 1. The van der Waals surface area contributed by atoms with Gasteiger partial charge in [-0.1, -0.05) is 6.07 Å². The van der Waals surface area contributed by atoms with Crippen molar-refractivity contribution >= 4 is 11.7 Å². The number of benzene rings is 1. The Kier molecular flexibility index (Phi) is 5.15. The molecular formula is C13H16N2O3. The van der Waals surface area contributed by atoms with Gasteiger partial charge in [0.2, 0.25) is 0 Å². The third kappa shape index (κ3) is 4.07. The molecule has 1 unspecified atom stereocenters. The predicted molar refractivity (Wildman–Crippen MR) is 67.4 cm³/mol. The van der Waals surface area contributed by atoms with E-state index in [2.05, 4.69) is 11.4 Å². The third-order valence-corrected chi connectivity index (χ3v) is 2.55. The average Bonchev–Trinajstić information content (AvgIpc) is 2.34. The molecule has 96 valence electrons. The summed E-state index contributed by atoms with van der Waals surface area (Å²) in [5.41, 5.74) is 2.24. The van der Waals surface area contributed by atoms with Gasteiger partial charge in [-0.05, 0) is 24.6 Å². The van der Waals surface area contributed by atoms with Crippen molar-refractivity contribution in [1.82, 2.24) is 0 Å². The first-order valence-electron chi connectivity index (χ1n) is 5.56. The first-order valence-corrected chi connectivity index (χ1v) is 5.56. The minimum Gasteiger partial charge on any atom is -0.481 e. The maximum absolute atomic E-state index is 10.6. The lowest BCUT2D eigenvalue weighted by Gasteiger charge is -2.15. The summed E-state index contributed by atoms with van der Waals surface area (Å²) >= 11 is 0. The fourth-order valence-electron chi connectivity index (χ4n) is 1.56. The second-order valence-corrected chi connectivity index (χ2v) is 4.00. The number of methoxy groups -OCH3 is 1. The molecule has 1 atom stereocenters. The topological polar surface area (TPSA) is 82.3 Å². The number of nitrogens with one attached hydrogen (secondary N) is 1. The van der Waals surface area contributed by atoms with Crippen LogP contribution in [0.3, 0.4) is 0 Å². The molecule has 2 N–H and O–H groups in total. The van der Waals surface area contributed by atoms with Crippen molar-refractivity contribution < 1.29 is 14.6 Å². The Balaban J connectivity index is 2.68. The number of nitrogens with zero attached hydrogens (tertiary/aromatic N) is 1. The summed E-state index contributed by atoms with van der Waals surface area (Å²) in [6.07, 6.45) is -0.493. The van der Waals surface area contributed by atoms with Gasteiger partial charge in [0.1, 0.15) is 6.07 Å². The van der Waals surface area contributed by atoms with Crippen LogP contribution >= 0.6 is 0 Å². The van der Waals surface area contributed by atoms with Gasteiger partial charge >= 0.3 is 5.97 Å². The SMILES string of the molecule is COC(CNc1ccc(C)cc1C#N)CC(=O)O. The molecule has 1 aromatic carbocycles. The minimum absolute atomic E-state index is 0.0722. The van der Waals surface area contributed by atoms with Crippen LogP contribution in [-0.4, -0.2) is 30.8 Å². The molecule has 0 aromatic heterocycles. The molecule has 0 saturated heterocycles. The Labute approximate surface area is 106 Å². The monoisotopic (exact) mass is 248 g/mol. The number of hydrogen-bond acceptors (Lipinski definition) is 4. The van der Waals surface area contributed by atoms with Crippen LogP contribution in [0.4, 0.5) is 5.69 Å². The molecule has 0 amide bonds. The number of carbonyl (C=O) groups is 1. The summed E-state index contributed by atoms with van der Waals surface area (Å²) in [7, 11) is 1.47. The van der Waals surface area contributed by atoms with E-state index in [1.165, 1.54) is 7.11 Å². The summed E-state index contributed by atoms with van der Waals surface area (Å²) in [6, 6.07) is 7.58. The van der Waals surface area contributed by atoms with E-state index in [4.69, 9.17) is 15.1 Å². The van der Waals surface area contributed by atoms with E-state index in [0.717, 1.165) is 5.56 Å². The van der Waals surface area contributed by atoms with E-state index < -0.39 is 12.1 Å². The van der Waals surface area contributed by atoms with Gasteiger partial charge in [-0.3, -0.25) is 4.79 Å². The van der Waals surface area contributed by atoms with Crippen LogP contribution in [0.15, 0.2) is 18.2 Å². The van der Waals surface area contributed by atoms with Crippen LogP contribution < -0.4 is 5.32 Å². The minimum atomic E-state index is -0.909. The number of aryl methyl sites for hydroxylation is 1. The first-order chi connectivity index (χ1) is 8.56. The molecule has 0 radical (unpaired) electrons. The maximum atomic E-state index is 10.6. The highest BCUT2D eigenvalue weighted by Gasteiger charge is 2.12. The highest BCUT2D eigenvalue weighted by atomic mass is 16.5. The number of anilines is 1. The highest BCUT2D eigenvalue weighted by Crippen LogP contribution is 2.16. The van der Waals surface area contributed by atoms with Gasteiger partial charge in [-0.15, -0.1) is 0 Å². The molecule has 5 heteroatoms. The standard InChI is InChI=1S/C13H16N2O3/c1-9-3-4-12(10(5-9)7-14)15-8-11(18-2)6-13(16)17/h3-5,11,15H,6,8H2,1-2H3,(H,16,17). The van der Waals surface area contributed by atoms with E-state index in [1.54, 1.807) is 12.1 Å². The van der Waals surface area contributed by atoms with Gasteiger partial charge in [0.25, 0.3) is 0 Å². The number of hydrogen-bond donors (Lipinski definition) is 2. The van der Waals surface area contributed by atoms with Crippen LogP contribution in [0, 0.1) is 18.3 Å². The first kappa shape index (κ1) is 14.0. The molecule has 1 aromatic rings. The van der Waals surface area contributed by atoms with Crippen LogP contribution in [-0.2, 0) is 9.53 Å². The van der Waals surface area contributed by atoms with Crippen molar-refractivity contribution in [1.29, 1.82) is 5.26 Å². The van der Waals surface area contributed by atoms with E-state index in [9.17, 15) is 4.79 Å². The number of ether oxygens (including phenoxy) is 1. The summed E-state index contributed by atoms with van der Waals surface area (Å²) in [5, 5.41) is 20.7. The number of carboxylic acid groups (broad SMARTS) is 1. The summed E-state index contributed by atoms with van der Waals surface area (Å²) < 4.78 is 5.05. The zero-order valence-electron chi connectivity index (χ0n) is 10.4. The second kappa shape index (κ2) is 6.62. The van der Waals surface area contributed by atoms with Crippen molar-refractivity contribution in [2.45, 2.75) is 19.4 Å². The molecule has 0 spiro atoms. The molecule has 0 heterocycles. The van der Waals surface area contributed by atoms with Crippen LogP contribution in [0.2, 0.25) is 0 Å². The van der Waals surface area contributed by atoms with Crippen LogP contribution in [0.5, 0.6) is 0 Å². The van der Waals surface area contributed by atoms with Gasteiger partial charge in [0.15, 0.2) is 0 Å². The number of rotatable bonds is 6. The van der Waals surface area contributed by atoms with E-state index in [1.807, 2.05) is 13.0 Å². The molecule has 0 aliphatic heterocycles. The molecule has 0 saturated carbocycles. The molecular weight excluding hydrogens is 232 g/mol. The second-order valence-electron chi connectivity index (χ2n) is 4.00. The highest BCUT2D eigenvalue weighted by molar-refractivity contribution is 5.67. The Hall–Kier alpha value is -2.06. The van der Waals surface area contributed by atoms with E-state index in [-0.39, 0.29) is 6.42 Å². The molecule has 0 fully saturated rings. The fraction of sp³-hybridized carbons (Fsp3) is 0.385. The van der Waals surface area contributed by atoms with Gasteiger partial charge in [-0.2, -0.15) is 5.26 Å². The quantitative estimate of drug-likeness (QED) is 0.801. The predicted octanol–water partition coefficient (Wildman–Crippen LogP) is 1.77. The molecule has 18 heavy (non-hydrogen) atoms. The van der Waals surface area contributed by atoms with Gasteiger partial charge < -0.3 is 15.2 Å². The van der Waals surface area contributed by atoms with Crippen molar-refractivity contribution in [2.24, 2.45) is 0 Å². The Morgan fingerprint density at radius 3 is 2.89 bits per heavy atom. The van der Waals surface area contributed by atoms with E-state index >= 15 is 0 Å². The lowest BCUT2D eigenvalue weighted by Crippen LogP contribution is -2.25. The smallest absolute Gasteiger partial charge is 0.306 e. The summed E-state index contributed by atoms with van der Waals surface area (Å²) in [6.45, 7) is 2.26. The van der Waals surface area contributed by atoms with Crippen LogP contribution in [0.1, 0.15) is 17.5 Å². The molecule has 0 aliphatic carbocycles. The van der Waals surface area contributed by atoms with Crippen molar-refractivity contribution in [3.8, 4) is 6.07 Å². The Morgan fingerprint density at radius 2 is 2.33 bits per heavy atom. The van der Waals surface area contributed by atoms with Crippen molar-refractivity contribution in [3.63, 3.8) is 0 Å². The average molecular weight is 248 g/mol. The Bertz CT molecular complexity index is 466. The third-order valence-electron chi connectivity index (χ3n) is 2.55. The zero-order chi connectivity index (χ0) is 13.5. The van der Waals surface area contributed by atoms with Gasteiger partial charge in [0.05, 0.1) is 23.8 Å². The van der Waals surface area contributed by atoms with E-state index in [0.29, 0.717) is 17.8 Å². The molecule has 0 bridgehead atoms. The summed E-state index contributed by atoms with van der Waals surface area (Å²) in [4.78, 5) is 10.6. The number of carboxylic acids is 1. The van der Waals surface area contributed by atoms with Crippen LogP contribution in [0.25, 0.3) is 0 Å². The zero-order valence-corrected chi connectivity index (χ0v) is 10.4. The number of aliphatic carboxylic acids is 1. The largest absolute Gasteiger partial charge is 0.481 e. The van der Waals surface area contributed by atoms with Gasteiger partial charge in [0, 0.05) is 13.7 Å². The van der Waals surface area contributed by atoms with Crippen molar-refractivity contribution in [2.75, 3.05) is 19.0 Å². The van der Waals surface area contributed by atoms with Gasteiger partial charge in [-0.25, -0.2) is 0 Å². The maximum Gasteiger partial charge on any atom is 0.306 e. The molecule has 5 nitrogen and oxygen atoms in total. The summed E-state index contributed by atoms with van der Waals surface area (Å²) in [5.74, 6) is -0.909. The lowest BCUT2D eigenvalue weighted by atomic mass is 10.1. The fourth-order valence-corrected chi connectivity index (χ4v) is 1.56. The Morgan fingerprint density at radius 1 is 1.61 bits per heavy atom. The van der Waals surface area contributed by atoms with Crippen molar-refractivity contribution in [3.05, 3.63) is 29.3 Å². The normalized spacial score (nSPS) is 11.6. The molecule has 0 aliphatic rings.